The van der Waals surface area contributed by atoms with Gasteiger partial charge in [0.25, 0.3) is 0 Å². The van der Waals surface area contributed by atoms with Crippen molar-refractivity contribution in [2.75, 3.05) is 6.61 Å². The Morgan fingerprint density at radius 3 is 2.93 bits per heavy atom. The lowest BCUT2D eigenvalue weighted by Crippen LogP contribution is -2.01. The van der Waals surface area contributed by atoms with Crippen LogP contribution < -0.4 is 4.74 Å². The molecular formula is C10H16N2O2. The van der Waals surface area contributed by atoms with Gasteiger partial charge < -0.3 is 9.84 Å². The van der Waals surface area contributed by atoms with Crippen molar-refractivity contribution in [2.24, 2.45) is 0 Å². The Kier molecular flexibility index (Phi) is 4.93. The van der Waals surface area contributed by atoms with E-state index in [0.717, 1.165) is 12.8 Å². The summed E-state index contributed by atoms with van der Waals surface area (Å²) in [4.78, 5) is 7.96. The zero-order chi connectivity index (χ0) is 10.2. The SMILES string of the molecule is CCCCCOc1cncc(CO)n1. The van der Waals surface area contributed by atoms with Crippen LogP contribution in [0.4, 0.5) is 0 Å². The van der Waals surface area contributed by atoms with E-state index in [-0.39, 0.29) is 6.61 Å². The molecule has 0 aromatic carbocycles. The van der Waals surface area contributed by atoms with Gasteiger partial charge in [0.05, 0.1) is 31.3 Å². The molecule has 1 heterocycles. The van der Waals surface area contributed by atoms with Crippen molar-refractivity contribution in [1.29, 1.82) is 0 Å². The van der Waals surface area contributed by atoms with Gasteiger partial charge in [-0.15, -0.1) is 0 Å². The third-order valence-corrected chi connectivity index (χ3v) is 1.82. The van der Waals surface area contributed by atoms with E-state index in [0.29, 0.717) is 18.2 Å². The maximum absolute atomic E-state index is 8.81. The lowest BCUT2D eigenvalue weighted by atomic mass is 10.3. The van der Waals surface area contributed by atoms with Gasteiger partial charge in [0, 0.05) is 0 Å². The molecule has 4 nitrogen and oxygen atoms in total. The van der Waals surface area contributed by atoms with Crippen LogP contribution in [0.1, 0.15) is 31.9 Å². The second-order valence-electron chi connectivity index (χ2n) is 3.06. The van der Waals surface area contributed by atoms with Crippen molar-refractivity contribution in [3.8, 4) is 5.88 Å². The van der Waals surface area contributed by atoms with Gasteiger partial charge in [-0.25, -0.2) is 4.98 Å². The minimum absolute atomic E-state index is 0.0981. The zero-order valence-corrected chi connectivity index (χ0v) is 8.44. The van der Waals surface area contributed by atoms with Crippen LogP contribution in [0.3, 0.4) is 0 Å². The summed E-state index contributed by atoms with van der Waals surface area (Å²) in [5.41, 5.74) is 0.540. The van der Waals surface area contributed by atoms with Gasteiger partial charge in [-0.05, 0) is 6.42 Å². The Hall–Kier alpha value is -1.16. The highest BCUT2D eigenvalue weighted by molar-refractivity contribution is 5.07. The van der Waals surface area contributed by atoms with Gasteiger partial charge in [0.1, 0.15) is 0 Å². The maximum Gasteiger partial charge on any atom is 0.232 e. The van der Waals surface area contributed by atoms with Crippen LogP contribution in [-0.2, 0) is 6.61 Å². The van der Waals surface area contributed by atoms with Crippen molar-refractivity contribution in [3.63, 3.8) is 0 Å². The quantitative estimate of drug-likeness (QED) is 0.701. The summed E-state index contributed by atoms with van der Waals surface area (Å²) in [6.07, 6.45) is 6.45. The van der Waals surface area contributed by atoms with E-state index in [4.69, 9.17) is 9.84 Å². The monoisotopic (exact) mass is 196 g/mol. The summed E-state index contributed by atoms with van der Waals surface area (Å²) < 4.78 is 5.37. The minimum Gasteiger partial charge on any atom is -0.477 e. The smallest absolute Gasteiger partial charge is 0.232 e. The number of aliphatic hydroxyl groups is 1. The summed E-state index contributed by atoms with van der Waals surface area (Å²) in [5, 5.41) is 8.81. The Labute approximate surface area is 84.0 Å². The van der Waals surface area contributed by atoms with Crippen molar-refractivity contribution < 1.29 is 9.84 Å². The van der Waals surface area contributed by atoms with Gasteiger partial charge in [-0.3, -0.25) is 4.98 Å². The largest absolute Gasteiger partial charge is 0.477 e. The lowest BCUT2D eigenvalue weighted by Gasteiger charge is -2.04. The normalized spacial score (nSPS) is 10.1. The van der Waals surface area contributed by atoms with E-state index < -0.39 is 0 Å². The number of ether oxygens (including phenoxy) is 1. The average molecular weight is 196 g/mol. The third kappa shape index (κ3) is 3.70. The number of unbranched alkanes of at least 4 members (excludes halogenated alkanes) is 2. The van der Waals surface area contributed by atoms with E-state index in [1.54, 1.807) is 6.20 Å². The molecule has 0 saturated heterocycles. The molecule has 0 radical (unpaired) electrons. The molecule has 0 fully saturated rings. The number of hydrogen-bond acceptors (Lipinski definition) is 4. The van der Waals surface area contributed by atoms with Crippen LogP contribution in [0.5, 0.6) is 5.88 Å². The average Bonchev–Trinajstić information content (AvgIpc) is 2.25. The molecule has 78 valence electrons. The minimum atomic E-state index is -0.0981. The second-order valence-corrected chi connectivity index (χ2v) is 3.06. The van der Waals surface area contributed by atoms with Gasteiger partial charge in [0.2, 0.25) is 5.88 Å². The number of rotatable bonds is 6. The summed E-state index contributed by atoms with van der Waals surface area (Å²) >= 11 is 0. The third-order valence-electron chi connectivity index (χ3n) is 1.82. The second kappa shape index (κ2) is 6.32. The molecule has 0 aliphatic heterocycles. The number of aromatic nitrogens is 2. The van der Waals surface area contributed by atoms with E-state index >= 15 is 0 Å². The van der Waals surface area contributed by atoms with E-state index in [1.165, 1.54) is 12.6 Å². The lowest BCUT2D eigenvalue weighted by molar-refractivity contribution is 0.265. The topological polar surface area (TPSA) is 55.2 Å². The van der Waals surface area contributed by atoms with Crippen LogP contribution in [0.25, 0.3) is 0 Å². The number of hydrogen-bond donors (Lipinski definition) is 1. The molecule has 0 bridgehead atoms. The summed E-state index contributed by atoms with van der Waals surface area (Å²) in [7, 11) is 0. The predicted octanol–water partition coefficient (Wildman–Crippen LogP) is 1.54. The van der Waals surface area contributed by atoms with E-state index in [2.05, 4.69) is 16.9 Å². The van der Waals surface area contributed by atoms with Crippen molar-refractivity contribution in [3.05, 3.63) is 18.1 Å². The highest BCUT2D eigenvalue weighted by atomic mass is 16.5. The molecule has 1 aromatic rings. The fourth-order valence-corrected chi connectivity index (χ4v) is 1.06. The van der Waals surface area contributed by atoms with E-state index in [1.807, 2.05) is 0 Å². The van der Waals surface area contributed by atoms with E-state index in [9.17, 15) is 0 Å². The Bertz CT molecular complexity index is 266. The van der Waals surface area contributed by atoms with Crippen LogP contribution in [0, 0.1) is 0 Å². The highest BCUT2D eigenvalue weighted by Crippen LogP contribution is 2.06. The molecule has 14 heavy (non-hydrogen) atoms. The molecular weight excluding hydrogens is 180 g/mol. The standard InChI is InChI=1S/C10H16N2O2/c1-2-3-4-5-14-10-7-11-6-9(8-13)12-10/h6-7,13H,2-5,8H2,1H3. The molecule has 0 aliphatic carbocycles. The van der Waals surface area contributed by atoms with Crippen molar-refractivity contribution in [2.45, 2.75) is 32.8 Å². The first kappa shape index (κ1) is 10.9. The number of aliphatic hydroxyl groups excluding tert-OH is 1. The first-order valence-electron chi connectivity index (χ1n) is 4.91. The first-order chi connectivity index (χ1) is 6.86. The maximum atomic E-state index is 8.81. The van der Waals surface area contributed by atoms with Gasteiger partial charge in [-0.2, -0.15) is 0 Å². The Morgan fingerprint density at radius 1 is 1.36 bits per heavy atom. The molecule has 1 rings (SSSR count). The van der Waals surface area contributed by atoms with Gasteiger partial charge >= 0.3 is 0 Å². The Morgan fingerprint density at radius 2 is 2.21 bits per heavy atom. The molecule has 0 atom stereocenters. The van der Waals surface area contributed by atoms with Gasteiger partial charge in [0.15, 0.2) is 0 Å². The molecule has 4 heteroatoms. The number of nitrogens with zero attached hydrogens (tertiary/aromatic N) is 2. The zero-order valence-electron chi connectivity index (χ0n) is 8.44. The highest BCUT2D eigenvalue weighted by Gasteiger charge is 1.97. The molecule has 1 N–H and O–H groups in total. The summed E-state index contributed by atoms with van der Waals surface area (Å²) in [5.74, 6) is 0.493. The van der Waals surface area contributed by atoms with Crippen LogP contribution >= 0.6 is 0 Å². The van der Waals surface area contributed by atoms with Crippen LogP contribution in [0.15, 0.2) is 12.4 Å². The summed E-state index contributed by atoms with van der Waals surface area (Å²) in [6.45, 7) is 2.71. The van der Waals surface area contributed by atoms with Crippen molar-refractivity contribution >= 4 is 0 Å². The van der Waals surface area contributed by atoms with Crippen molar-refractivity contribution in [1.82, 2.24) is 9.97 Å². The van der Waals surface area contributed by atoms with Crippen LogP contribution in [-0.4, -0.2) is 21.7 Å². The molecule has 0 saturated carbocycles. The summed E-state index contributed by atoms with van der Waals surface area (Å²) in [6, 6.07) is 0. The van der Waals surface area contributed by atoms with Crippen LogP contribution in [0.2, 0.25) is 0 Å². The molecule has 1 aromatic heterocycles. The van der Waals surface area contributed by atoms with Gasteiger partial charge in [-0.1, -0.05) is 19.8 Å². The fourth-order valence-electron chi connectivity index (χ4n) is 1.06. The first-order valence-corrected chi connectivity index (χ1v) is 4.91. The molecule has 0 spiro atoms. The molecule has 0 unspecified atom stereocenters. The Balaban J connectivity index is 2.34. The molecule has 0 amide bonds. The molecule has 0 aliphatic rings. The predicted molar refractivity (Wildman–Crippen MR) is 53.0 cm³/mol. The fraction of sp³-hybridized carbons (Fsp3) is 0.600.